The highest BCUT2D eigenvalue weighted by molar-refractivity contribution is 6.74. The van der Waals surface area contributed by atoms with Gasteiger partial charge in [-0.05, 0) is 29.3 Å². The molecule has 1 rings (SSSR count). The predicted octanol–water partition coefficient (Wildman–Crippen LogP) is 3.70. The lowest BCUT2D eigenvalue weighted by atomic mass is 10.1. The van der Waals surface area contributed by atoms with Crippen LogP contribution in [0.25, 0.3) is 0 Å². The number of rotatable bonds is 4. The third-order valence-corrected chi connectivity index (χ3v) is 7.47. The van der Waals surface area contributed by atoms with E-state index in [1.54, 1.807) is 0 Å². The van der Waals surface area contributed by atoms with Gasteiger partial charge in [-0.15, -0.1) is 0 Å². The summed E-state index contributed by atoms with van der Waals surface area (Å²) in [7, 11) is -2.27. The van der Waals surface area contributed by atoms with Gasteiger partial charge < -0.3 is 9.53 Å². The fourth-order valence-corrected chi connectivity index (χ4v) is 1.63. The van der Waals surface area contributed by atoms with Crippen molar-refractivity contribution in [3.05, 3.63) is 35.4 Å². The summed E-state index contributed by atoms with van der Waals surface area (Å²) in [4.78, 5) is 0. The molecule has 1 aromatic rings. The molecule has 0 unspecified atom stereocenters. The van der Waals surface area contributed by atoms with E-state index in [4.69, 9.17) is 9.91 Å². The highest BCUT2D eigenvalue weighted by Crippen LogP contribution is 2.37. The van der Waals surface area contributed by atoms with E-state index < -0.39 is 21.4 Å². The van der Waals surface area contributed by atoms with E-state index in [-0.39, 0.29) is 10.6 Å². The van der Waals surface area contributed by atoms with Gasteiger partial charge in [-0.3, -0.25) is 0 Å². The van der Waals surface area contributed by atoms with Crippen molar-refractivity contribution in [1.82, 2.24) is 0 Å². The van der Waals surface area contributed by atoms with E-state index in [9.17, 15) is 5.11 Å². The quantitative estimate of drug-likeness (QED) is 0.832. The second-order valence-corrected chi connectivity index (χ2v) is 10.4. The molecule has 0 amide bonds. The highest BCUT2D eigenvalue weighted by Gasteiger charge is 2.36. The Labute approximate surface area is 111 Å². The van der Waals surface area contributed by atoms with E-state index >= 15 is 0 Å². The first-order chi connectivity index (χ1) is 9.17. The summed E-state index contributed by atoms with van der Waals surface area (Å²) in [5, 5.41) is 9.18. The Hall–Kier alpha value is -0.643. The molecular weight excluding hydrogens is 228 g/mol. The van der Waals surface area contributed by atoms with Crippen LogP contribution >= 0.6 is 0 Å². The van der Waals surface area contributed by atoms with Gasteiger partial charge in [-0.2, -0.15) is 0 Å². The molecule has 1 aromatic carbocycles. The summed E-state index contributed by atoms with van der Waals surface area (Å²) in [6, 6.07) is 5.66. The fourth-order valence-electron chi connectivity index (χ4n) is 0.952. The fraction of sp³-hybridized carbons (Fsp3) is 0.571. The minimum absolute atomic E-state index is 0.0920. The Kier molecular flexibility index (Phi) is 2.92. The third-order valence-electron chi connectivity index (χ3n) is 3.24. The SMILES string of the molecule is [2H]C([2H])(O)c1ccc(C([2H])([2H])O[Si](C)(C)C(C)(C)C)cc1. The molecule has 0 aromatic heterocycles. The molecule has 17 heavy (non-hydrogen) atoms. The standard InChI is InChI=1S/C14H24O2Si/c1-14(2,3)17(4,5)16-11-13-8-6-12(10-15)7-9-13/h6-9,15H,10-11H2,1-5H3/i10D2,11D2. The molecule has 96 valence electrons. The van der Waals surface area contributed by atoms with E-state index in [1.165, 1.54) is 24.3 Å². The van der Waals surface area contributed by atoms with Crippen molar-refractivity contribution >= 4 is 8.32 Å². The average Bonchev–Trinajstić information content (AvgIpc) is 2.25. The molecule has 0 saturated heterocycles. The Morgan fingerprint density at radius 3 is 2.06 bits per heavy atom. The Balaban J connectivity index is 3.04. The van der Waals surface area contributed by atoms with Crippen LogP contribution in [0.1, 0.15) is 37.4 Å². The molecule has 0 bridgehead atoms. The molecule has 0 fully saturated rings. The van der Waals surface area contributed by atoms with Crippen LogP contribution in [0.15, 0.2) is 24.3 Å². The van der Waals surface area contributed by atoms with Gasteiger partial charge in [0, 0.05) is 0 Å². The minimum atomic E-state index is -2.43. The molecular formula is C14H24O2Si. The van der Waals surface area contributed by atoms with Gasteiger partial charge in [0.05, 0.1) is 18.6 Å². The largest absolute Gasteiger partial charge is 0.413 e. The summed E-state index contributed by atoms with van der Waals surface area (Å²) in [5.41, 5.74) is 0.412. The monoisotopic (exact) mass is 256 g/mol. The Morgan fingerprint density at radius 1 is 1.18 bits per heavy atom. The number of hydrogen-bond donors (Lipinski definition) is 1. The lowest BCUT2D eigenvalue weighted by Crippen LogP contribution is -2.40. The number of aliphatic hydroxyl groups is 1. The number of benzene rings is 1. The normalized spacial score (nSPS) is 18.0. The molecule has 3 heteroatoms. The second kappa shape index (κ2) is 5.34. The van der Waals surface area contributed by atoms with E-state index in [1.807, 2.05) is 33.9 Å². The first-order valence-electron chi connectivity index (χ1n) is 7.70. The maximum Gasteiger partial charge on any atom is 0.192 e. The summed E-state index contributed by atoms with van der Waals surface area (Å²) in [5.74, 6) is 0. The van der Waals surface area contributed by atoms with Crippen molar-refractivity contribution in [1.29, 1.82) is 0 Å². The smallest absolute Gasteiger partial charge is 0.192 e. The summed E-state index contributed by atoms with van der Waals surface area (Å²) < 4.78 is 36.6. The lowest BCUT2D eigenvalue weighted by Gasteiger charge is -2.36. The van der Waals surface area contributed by atoms with Gasteiger partial charge in [-0.25, -0.2) is 0 Å². The summed E-state index contributed by atoms with van der Waals surface area (Å²) in [6.07, 6.45) is 0. The van der Waals surface area contributed by atoms with Crippen LogP contribution in [0, 0.1) is 0 Å². The molecule has 0 saturated carbocycles. The second-order valence-electron chi connectivity index (χ2n) is 5.65. The van der Waals surface area contributed by atoms with Crippen molar-refractivity contribution in [2.75, 3.05) is 0 Å². The first-order valence-corrected chi connectivity index (χ1v) is 8.61. The minimum Gasteiger partial charge on any atom is -0.413 e. The topological polar surface area (TPSA) is 29.5 Å². The van der Waals surface area contributed by atoms with Crippen LogP contribution in [-0.4, -0.2) is 13.4 Å². The van der Waals surface area contributed by atoms with Gasteiger partial charge >= 0.3 is 0 Å². The van der Waals surface area contributed by atoms with Crippen molar-refractivity contribution in [2.45, 2.75) is 52.0 Å². The van der Waals surface area contributed by atoms with Gasteiger partial charge in [0.15, 0.2) is 8.32 Å². The van der Waals surface area contributed by atoms with E-state index in [0.717, 1.165) is 0 Å². The lowest BCUT2D eigenvalue weighted by molar-refractivity contribution is 0.274. The van der Waals surface area contributed by atoms with Crippen molar-refractivity contribution in [3.63, 3.8) is 0 Å². The van der Waals surface area contributed by atoms with Crippen LogP contribution in [0.3, 0.4) is 0 Å². The molecule has 0 radical (unpaired) electrons. The summed E-state index contributed by atoms with van der Waals surface area (Å²) >= 11 is 0. The van der Waals surface area contributed by atoms with Gasteiger partial charge in [0.2, 0.25) is 0 Å². The molecule has 0 aliphatic heterocycles. The Morgan fingerprint density at radius 2 is 1.65 bits per heavy atom. The molecule has 2 nitrogen and oxygen atoms in total. The van der Waals surface area contributed by atoms with Crippen LogP contribution in [0.5, 0.6) is 0 Å². The van der Waals surface area contributed by atoms with E-state index in [2.05, 4.69) is 0 Å². The molecule has 0 atom stereocenters. The van der Waals surface area contributed by atoms with Gasteiger partial charge in [0.25, 0.3) is 0 Å². The van der Waals surface area contributed by atoms with Crippen molar-refractivity contribution < 1.29 is 15.0 Å². The predicted molar refractivity (Wildman–Crippen MR) is 74.4 cm³/mol. The van der Waals surface area contributed by atoms with Gasteiger partial charge in [0.1, 0.15) is 0 Å². The maximum absolute atomic E-state index is 9.29. The maximum atomic E-state index is 9.29. The van der Waals surface area contributed by atoms with Gasteiger partial charge in [-0.1, -0.05) is 45.0 Å². The van der Waals surface area contributed by atoms with Crippen LogP contribution in [0.4, 0.5) is 0 Å². The molecule has 0 heterocycles. The molecule has 0 aliphatic rings. The molecule has 0 spiro atoms. The average molecular weight is 256 g/mol. The molecule has 0 aliphatic carbocycles. The van der Waals surface area contributed by atoms with Crippen molar-refractivity contribution in [3.8, 4) is 0 Å². The van der Waals surface area contributed by atoms with Crippen LogP contribution in [0.2, 0.25) is 18.1 Å². The third kappa shape index (κ3) is 3.94. The highest BCUT2D eigenvalue weighted by atomic mass is 28.4. The Bertz CT molecular complexity index is 487. The molecule has 1 N–H and O–H groups in total. The summed E-state index contributed by atoms with van der Waals surface area (Å²) in [6.45, 7) is 5.71. The van der Waals surface area contributed by atoms with Crippen LogP contribution < -0.4 is 0 Å². The zero-order valence-electron chi connectivity index (χ0n) is 15.2. The van der Waals surface area contributed by atoms with Crippen molar-refractivity contribution in [2.24, 2.45) is 0 Å². The van der Waals surface area contributed by atoms with E-state index in [0.29, 0.717) is 5.56 Å². The zero-order valence-corrected chi connectivity index (χ0v) is 12.2. The first kappa shape index (κ1) is 9.31. The zero-order chi connectivity index (χ0) is 16.7. The number of hydrogen-bond acceptors (Lipinski definition) is 2. The van der Waals surface area contributed by atoms with Crippen LogP contribution in [-0.2, 0) is 17.5 Å².